The van der Waals surface area contributed by atoms with Crippen molar-refractivity contribution in [1.82, 2.24) is 14.7 Å². The molecule has 1 heterocycles. The molecular formula is C13H28N4O. The molecule has 0 aromatic rings. The van der Waals surface area contributed by atoms with Crippen LogP contribution in [0, 0.1) is 0 Å². The highest BCUT2D eigenvalue weighted by molar-refractivity contribution is 5.73. The molecule has 0 radical (unpaired) electrons. The number of carbonyl (C=O) groups is 1. The average Bonchev–Trinajstić information content (AvgIpc) is 2.30. The first-order chi connectivity index (χ1) is 8.58. The van der Waals surface area contributed by atoms with Crippen molar-refractivity contribution in [2.45, 2.75) is 19.3 Å². The Hall–Kier alpha value is -0.650. The van der Waals surface area contributed by atoms with Crippen molar-refractivity contribution in [2.24, 2.45) is 5.73 Å². The Kier molecular flexibility index (Phi) is 7.23. The fourth-order valence-corrected chi connectivity index (χ4v) is 2.32. The molecule has 1 fully saturated rings. The van der Waals surface area contributed by atoms with Crippen molar-refractivity contribution >= 4 is 5.91 Å². The van der Waals surface area contributed by atoms with E-state index in [0.717, 1.165) is 39.1 Å². The number of amides is 1. The summed E-state index contributed by atoms with van der Waals surface area (Å²) in [5.74, 6) is -0.183. The molecule has 0 spiro atoms. The SMILES string of the molecule is CN(C)CCCN1CCN(CCCC(N)=O)CC1. The number of piperazine rings is 1. The Bertz CT molecular complexity index is 237. The van der Waals surface area contributed by atoms with Crippen LogP contribution in [0.3, 0.4) is 0 Å². The molecule has 0 unspecified atom stereocenters. The van der Waals surface area contributed by atoms with Gasteiger partial charge in [0.1, 0.15) is 0 Å². The zero-order valence-electron chi connectivity index (χ0n) is 11.9. The molecule has 0 bridgehead atoms. The lowest BCUT2D eigenvalue weighted by Crippen LogP contribution is -2.47. The second kappa shape index (κ2) is 8.45. The lowest BCUT2D eigenvalue weighted by molar-refractivity contribution is -0.118. The van der Waals surface area contributed by atoms with E-state index in [9.17, 15) is 4.79 Å². The van der Waals surface area contributed by atoms with Gasteiger partial charge in [0.2, 0.25) is 5.91 Å². The van der Waals surface area contributed by atoms with Gasteiger partial charge in [-0.25, -0.2) is 0 Å². The summed E-state index contributed by atoms with van der Waals surface area (Å²) >= 11 is 0. The van der Waals surface area contributed by atoms with Crippen molar-refractivity contribution < 1.29 is 4.79 Å². The monoisotopic (exact) mass is 256 g/mol. The highest BCUT2D eigenvalue weighted by atomic mass is 16.1. The number of primary amides is 1. The van der Waals surface area contributed by atoms with E-state index in [1.165, 1.54) is 19.5 Å². The van der Waals surface area contributed by atoms with Crippen molar-refractivity contribution in [2.75, 3.05) is 59.9 Å². The average molecular weight is 256 g/mol. The molecule has 5 heteroatoms. The van der Waals surface area contributed by atoms with Crippen LogP contribution in [0.2, 0.25) is 0 Å². The van der Waals surface area contributed by atoms with Crippen molar-refractivity contribution in [3.63, 3.8) is 0 Å². The maximum Gasteiger partial charge on any atom is 0.217 e. The van der Waals surface area contributed by atoms with E-state index in [4.69, 9.17) is 5.73 Å². The van der Waals surface area contributed by atoms with Crippen molar-refractivity contribution in [3.05, 3.63) is 0 Å². The third-order valence-electron chi connectivity index (χ3n) is 3.44. The van der Waals surface area contributed by atoms with E-state index in [-0.39, 0.29) is 5.91 Å². The molecule has 5 nitrogen and oxygen atoms in total. The van der Waals surface area contributed by atoms with E-state index in [2.05, 4.69) is 28.8 Å². The van der Waals surface area contributed by atoms with Crippen LogP contribution in [-0.4, -0.2) is 80.5 Å². The van der Waals surface area contributed by atoms with Crippen LogP contribution in [-0.2, 0) is 4.79 Å². The second-order valence-electron chi connectivity index (χ2n) is 5.41. The highest BCUT2D eigenvalue weighted by Gasteiger charge is 2.15. The van der Waals surface area contributed by atoms with Gasteiger partial charge in [-0.1, -0.05) is 0 Å². The molecule has 2 N–H and O–H groups in total. The molecule has 1 aliphatic rings. The maximum atomic E-state index is 10.7. The Balaban J connectivity index is 2.03. The normalized spacial score (nSPS) is 18.4. The molecule has 106 valence electrons. The van der Waals surface area contributed by atoms with Crippen LogP contribution in [0.1, 0.15) is 19.3 Å². The number of carbonyl (C=O) groups excluding carboxylic acids is 1. The predicted octanol–water partition coefficient (Wildman–Crippen LogP) is -0.179. The third kappa shape index (κ3) is 6.93. The number of hydrogen-bond acceptors (Lipinski definition) is 4. The molecule has 0 aromatic heterocycles. The van der Waals surface area contributed by atoms with E-state index in [1.54, 1.807) is 0 Å². The Morgan fingerprint density at radius 3 is 2.00 bits per heavy atom. The molecule has 1 saturated heterocycles. The van der Waals surface area contributed by atoms with Gasteiger partial charge in [0.15, 0.2) is 0 Å². The van der Waals surface area contributed by atoms with Gasteiger partial charge >= 0.3 is 0 Å². The van der Waals surface area contributed by atoms with Gasteiger partial charge in [0.05, 0.1) is 0 Å². The molecule has 0 aliphatic carbocycles. The van der Waals surface area contributed by atoms with Crippen LogP contribution in [0.5, 0.6) is 0 Å². The first-order valence-electron chi connectivity index (χ1n) is 6.95. The Morgan fingerprint density at radius 1 is 1.06 bits per heavy atom. The topological polar surface area (TPSA) is 52.8 Å². The quantitative estimate of drug-likeness (QED) is 0.655. The largest absolute Gasteiger partial charge is 0.370 e. The van der Waals surface area contributed by atoms with Gasteiger partial charge < -0.3 is 20.4 Å². The number of nitrogens with zero attached hydrogens (tertiary/aromatic N) is 3. The summed E-state index contributed by atoms with van der Waals surface area (Å²) in [7, 11) is 4.24. The van der Waals surface area contributed by atoms with Gasteiger partial charge in [-0.05, 0) is 46.6 Å². The summed E-state index contributed by atoms with van der Waals surface area (Å²) in [5.41, 5.74) is 5.14. The van der Waals surface area contributed by atoms with E-state index < -0.39 is 0 Å². The van der Waals surface area contributed by atoms with E-state index in [0.29, 0.717) is 6.42 Å². The first-order valence-corrected chi connectivity index (χ1v) is 6.95. The zero-order valence-corrected chi connectivity index (χ0v) is 11.9. The smallest absolute Gasteiger partial charge is 0.217 e. The second-order valence-corrected chi connectivity index (χ2v) is 5.41. The lowest BCUT2D eigenvalue weighted by atomic mass is 10.2. The van der Waals surface area contributed by atoms with Gasteiger partial charge in [-0.15, -0.1) is 0 Å². The Labute approximate surface area is 111 Å². The fourth-order valence-electron chi connectivity index (χ4n) is 2.32. The molecule has 0 atom stereocenters. The highest BCUT2D eigenvalue weighted by Crippen LogP contribution is 2.04. The number of hydrogen-bond donors (Lipinski definition) is 1. The minimum absolute atomic E-state index is 0.183. The zero-order chi connectivity index (χ0) is 13.4. The third-order valence-corrected chi connectivity index (χ3v) is 3.44. The molecule has 1 amide bonds. The summed E-state index contributed by atoms with van der Waals surface area (Å²) < 4.78 is 0. The summed E-state index contributed by atoms with van der Waals surface area (Å²) in [5, 5.41) is 0. The predicted molar refractivity (Wildman–Crippen MR) is 74.5 cm³/mol. The fraction of sp³-hybridized carbons (Fsp3) is 0.923. The van der Waals surface area contributed by atoms with E-state index in [1.807, 2.05) is 0 Å². The van der Waals surface area contributed by atoms with Crippen LogP contribution in [0.15, 0.2) is 0 Å². The van der Waals surface area contributed by atoms with Crippen LogP contribution in [0.25, 0.3) is 0 Å². The summed E-state index contributed by atoms with van der Waals surface area (Å²) in [6.45, 7) is 7.94. The summed E-state index contributed by atoms with van der Waals surface area (Å²) in [4.78, 5) is 17.9. The summed E-state index contributed by atoms with van der Waals surface area (Å²) in [6.07, 6.45) is 2.66. The van der Waals surface area contributed by atoms with E-state index >= 15 is 0 Å². The molecule has 1 aliphatic heterocycles. The standard InChI is InChI=1S/C13H28N4O/c1-15(2)6-4-8-17-11-9-16(10-12-17)7-3-5-13(14)18/h3-12H2,1-2H3,(H2,14,18). The molecule has 18 heavy (non-hydrogen) atoms. The van der Waals surface area contributed by atoms with Crippen molar-refractivity contribution in [1.29, 1.82) is 0 Å². The van der Waals surface area contributed by atoms with Gasteiger partial charge in [-0.2, -0.15) is 0 Å². The van der Waals surface area contributed by atoms with Crippen LogP contribution >= 0.6 is 0 Å². The molecule has 0 aromatic carbocycles. The summed E-state index contributed by atoms with van der Waals surface area (Å²) in [6, 6.07) is 0. The Morgan fingerprint density at radius 2 is 1.56 bits per heavy atom. The first kappa shape index (κ1) is 15.4. The van der Waals surface area contributed by atoms with Gasteiger partial charge in [0, 0.05) is 32.6 Å². The number of nitrogens with two attached hydrogens (primary N) is 1. The number of rotatable bonds is 8. The minimum Gasteiger partial charge on any atom is -0.370 e. The van der Waals surface area contributed by atoms with Crippen molar-refractivity contribution in [3.8, 4) is 0 Å². The molecule has 0 saturated carbocycles. The lowest BCUT2D eigenvalue weighted by Gasteiger charge is -2.34. The van der Waals surface area contributed by atoms with Gasteiger partial charge in [0.25, 0.3) is 0 Å². The van der Waals surface area contributed by atoms with Gasteiger partial charge in [-0.3, -0.25) is 4.79 Å². The minimum atomic E-state index is -0.183. The molecular weight excluding hydrogens is 228 g/mol. The van der Waals surface area contributed by atoms with Crippen LogP contribution in [0.4, 0.5) is 0 Å². The maximum absolute atomic E-state index is 10.7. The molecule has 1 rings (SSSR count). The van der Waals surface area contributed by atoms with Crippen LogP contribution < -0.4 is 5.73 Å².